The van der Waals surface area contributed by atoms with Crippen LogP contribution in [0.1, 0.15) is 0 Å². The van der Waals surface area contributed by atoms with Gasteiger partial charge in [-0.1, -0.05) is 23.4 Å². The van der Waals surface area contributed by atoms with Crippen LogP contribution in [0.2, 0.25) is 5.15 Å². The molecule has 166 valence electrons. The van der Waals surface area contributed by atoms with Crippen molar-refractivity contribution in [1.29, 1.82) is 0 Å². The van der Waals surface area contributed by atoms with Gasteiger partial charge in [0.2, 0.25) is 5.91 Å². The molecule has 2 aliphatic rings. The third kappa shape index (κ3) is 5.72. The zero-order valence-electron chi connectivity index (χ0n) is 17.5. The lowest BCUT2D eigenvalue weighted by atomic mass is 10.2. The Hall–Kier alpha value is -2.23. The van der Waals surface area contributed by atoms with E-state index in [1.807, 2.05) is 17.0 Å². The molecule has 0 radical (unpaired) electrons. The molecule has 1 aromatic heterocycles. The molecule has 4 rings (SSSR count). The number of morpholine rings is 1. The summed E-state index contributed by atoms with van der Waals surface area (Å²) in [6, 6.07) is 9.91. The third-order valence-electron chi connectivity index (χ3n) is 5.39. The van der Waals surface area contributed by atoms with Crippen molar-refractivity contribution in [2.24, 2.45) is 0 Å². The fourth-order valence-corrected chi connectivity index (χ4v) is 4.61. The first-order valence-electron chi connectivity index (χ1n) is 10.3. The number of hydrogen-bond donors (Lipinski definition) is 0. The molecule has 1 amide bonds. The molecule has 0 saturated carbocycles. The van der Waals surface area contributed by atoms with E-state index in [0.717, 1.165) is 37.7 Å². The van der Waals surface area contributed by atoms with Gasteiger partial charge in [0, 0.05) is 51.0 Å². The molecule has 0 aliphatic carbocycles. The molecule has 2 fully saturated rings. The lowest BCUT2D eigenvalue weighted by Crippen LogP contribution is -2.46. The van der Waals surface area contributed by atoms with Gasteiger partial charge in [-0.25, -0.2) is 9.97 Å². The van der Waals surface area contributed by atoms with Gasteiger partial charge < -0.3 is 24.2 Å². The maximum atomic E-state index is 12.4. The first kappa shape index (κ1) is 22.0. The molecule has 0 N–H and O–H groups in total. The molecule has 2 aliphatic heterocycles. The zero-order valence-corrected chi connectivity index (χ0v) is 19.1. The van der Waals surface area contributed by atoms with Gasteiger partial charge in [-0.3, -0.25) is 4.79 Å². The number of aromatic nitrogens is 2. The van der Waals surface area contributed by atoms with E-state index in [2.05, 4.69) is 31.9 Å². The number of nitrogens with zero attached hydrogens (tertiary/aromatic N) is 5. The molecule has 1 aromatic carbocycles. The minimum Gasteiger partial charge on any atom is -0.497 e. The Bertz CT molecular complexity index is 887. The van der Waals surface area contributed by atoms with Crippen LogP contribution in [-0.4, -0.2) is 86.1 Å². The maximum absolute atomic E-state index is 12.4. The number of anilines is 2. The normalized spacial score (nSPS) is 17.0. The number of amides is 1. The number of benzene rings is 1. The lowest BCUT2D eigenvalue weighted by Gasteiger charge is -2.36. The van der Waals surface area contributed by atoms with Crippen LogP contribution >= 0.6 is 23.4 Å². The topological polar surface area (TPSA) is 71.0 Å². The Kier molecular flexibility index (Phi) is 7.37. The highest BCUT2D eigenvalue weighted by Crippen LogP contribution is 2.25. The molecule has 0 unspecified atom stereocenters. The second kappa shape index (κ2) is 10.4. The van der Waals surface area contributed by atoms with Gasteiger partial charge in [0.25, 0.3) is 0 Å². The minimum atomic E-state index is 0.0755. The Morgan fingerprint density at radius 2 is 1.74 bits per heavy atom. The van der Waals surface area contributed by atoms with E-state index in [0.29, 0.717) is 42.4 Å². The van der Waals surface area contributed by atoms with E-state index in [1.54, 1.807) is 13.2 Å². The molecule has 0 bridgehead atoms. The van der Waals surface area contributed by atoms with Gasteiger partial charge in [0.1, 0.15) is 16.7 Å². The molecule has 31 heavy (non-hydrogen) atoms. The smallest absolute Gasteiger partial charge is 0.233 e. The van der Waals surface area contributed by atoms with E-state index >= 15 is 0 Å². The van der Waals surface area contributed by atoms with Crippen molar-refractivity contribution in [2.75, 3.05) is 75.1 Å². The van der Waals surface area contributed by atoms with E-state index in [-0.39, 0.29) is 5.91 Å². The van der Waals surface area contributed by atoms with Crippen LogP contribution < -0.4 is 14.5 Å². The average molecular weight is 464 g/mol. The summed E-state index contributed by atoms with van der Waals surface area (Å²) in [5.74, 6) is 2.03. The summed E-state index contributed by atoms with van der Waals surface area (Å²) in [6.45, 7) is 5.89. The Morgan fingerprint density at radius 1 is 1.06 bits per heavy atom. The van der Waals surface area contributed by atoms with Crippen molar-refractivity contribution in [1.82, 2.24) is 14.9 Å². The van der Waals surface area contributed by atoms with Crippen molar-refractivity contribution in [3.05, 3.63) is 35.5 Å². The summed E-state index contributed by atoms with van der Waals surface area (Å²) >= 11 is 7.59. The summed E-state index contributed by atoms with van der Waals surface area (Å²) in [7, 11) is 1.67. The molecule has 0 spiro atoms. The number of carbonyl (C=O) groups is 1. The molecule has 0 atom stereocenters. The third-order valence-corrected chi connectivity index (χ3v) is 6.42. The van der Waals surface area contributed by atoms with Crippen LogP contribution in [0.25, 0.3) is 0 Å². The largest absolute Gasteiger partial charge is 0.497 e. The quantitative estimate of drug-likeness (QED) is 0.367. The number of thioether (sulfide) groups is 1. The highest BCUT2D eigenvalue weighted by atomic mass is 35.5. The summed E-state index contributed by atoms with van der Waals surface area (Å²) in [5.41, 5.74) is 1.18. The van der Waals surface area contributed by atoms with Crippen molar-refractivity contribution in [3.63, 3.8) is 0 Å². The van der Waals surface area contributed by atoms with Crippen molar-refractivity contribution < 1.29 is 14.3 Å². The van der Waals surface area contributed by atoms with Crippen LogP contribution in [0.3, 0.4) is 0 Å². The van der Waals surface area contributed by atoms with Gasteiger partial charge in [0.05, 0.1) is 26.1 Å². The van der Waals surface area contributed by atoms with Crippen LogP contribution in [0.15, 0.2) is 35.5 Å². The lowest BCUT2D eigenvalue weighted by molar-refractivity contribution is -0.132. The second-order valence-electron chi connectivity index (χ2n) is 7.29. The molecule has 3 heterocycles. The van der Waals surface area contributed by atoms with Gasteiger partial charge in [-0.2, -0.15) is 0 Å². The van der Waals surface area contributed by atoms with Gasteiger partial charge in [-0.15, -0.1) is 0 Å². The number of methoxy groups -OCH3 is 1. The fraction of sp³-hybridized carbons (Fsp3) is 0.476. The van der Waals surface area contributed by atoms with E-state index in [9.17, 15) is 4.79 Å². The predicted molar refractivity (Wildman–Crippen MR) is 123 cm³/mol. The highest BCUT2D eigenvalue weighted by Gasteiger charge is 2.21. The van der Waals surface area contributed by atoms with Crippen LogP contribution in [0, 0.1) is 0 Å². The predicted octanol–water partition coefficient (Wildman–Crippen LogP) is 2.42. The maximum Gasteiger partial charge on any atom is 0.233 e. The number of rotatable bonds is 6. The number of piperazine rings is 1. The van der Waals surface area contributed by atoms with E-state index in [1.165, 1.54) is 17.4 Å². The van der Waals surface area contributed by atoms with Crippen LogP contribution in [0.4, 0.5) is 11.5 Å². The number of ether oxygens (including phenoxy) is 2. The molecular weight excluding hydrogens is 438 g/mol. The summed E-state index contributed by atoms with van der Waals surface area (Å²) in [6.07, 6.45) is 0. The Morgan fingerprint density at radius 3 is 2.42 bits per heavy atom. The summed E-state index contributed by atoms with van der Waals surface area (Å²) in [5, 5.41) is 0.922. The van der Waals surface area contributed by atoms with Crippen molar-refractivity contribution >= 4 is 40.8 Å². The molecule has 10 heteroatoms. The van der Waals surface area contributed by atoms with Crippen LogP contribution in [-0.2, 0) is 9.53 Å². The first-order valence-corrected chi connectivity index (χ1v) is 11.7. The molecule has 2 saturated heterocycles. The first-order chi connectivity index (χ1) is 15.1. The van der Waals surface area contributed by atoms with Gasteiger partial charge in [-0.05, 0) is 24.3 Å². The van der Waals surface area contributed by atoms with E-state index in [4.69, 9.17) is 21.1 Å². The van der Waals surface area contributed by atoms with Gasteiger partial charge in [0.15, 0.2) is 5.16 Å². The van der Waals surface area contributed by atoms with Crippen LogP contribution in [0.5, 0.6) is 5.75 Å². The Labute approximate surface area is 191 Å². The Balaban J connectivity index is 1.34. The SMILES string of the molecule is COc1ccc(N2CCN(c3cc(Cl)nc(SCC(=O)N4CCOCC4)n3)CC2)cc1. The second-order valence-corrected chi connectivity index (χ2v) is 8.62. The molecule has 8 nitrogen and oxygen atoms in total. The van der Waals surface area contributed by atoms with Gasteiger partial charge >= 0.3 is 0 Å². The zero-order chi connectivity index (χ0) is 21.6. The molecular formula is C21H26ClN5O3S. The summed E-state index contributed by atoms with van der Waals surface area (Å²) < 4.78 is 10.5. The fourth-order valence-electron chi connectivity index (χ4n) is 3.63. The van der Waals surface area contributed by atoms with Crippen molar-refractivity contribution in [3.8, 4) is 5.75 Å². The standard InChI is InChI=1S/C21H26ClN5O3S/c1-29-17-4-2-16(3-5-17)25-6-8-26(9-7-25)19-14-18(22)23-21(24-19)31-15-20(28)27-10-12-30-13-11-27/h2-5,14H,6-13,15H2,1H3. The molecule has 2 aromatic rings. The number of halogens is 1. The van der Waals surface area contributed by atoms with Crippen molar-refractivity contribution in [2.45, 2.75) is 5.16 Å². The number of hydrogen-bond acceptors (Lipinski definition) is 8. The summed E-state index contributed by atoms with van der Waals surface area (Å²) in [4.78, 5) is 27.7. The monoisotopic (exact) mass is 463 g/mol. The highest BCUT2D eigenvalue weighted by molar-refractivity contribution is 7.99. The van der Waals surface area contributed by atoms with E-state index < -0.39 is 0 Å². The minimum absolute atomic E-state index is 0.0755. The average Bonchev–Trinajstić information content (AvgIpc) is 2.83. The number of carbonyl (C=O) groups excluding carboxylic acids is 1.